The van der Waals surface area contributed by atoms with E-state index in [0.717, 1.165) is 33.5 Å². The maximum Gasteiger partial charge on any atom is 0.368 e. The zero-order valence-corrected chi connectivity index (χ0v) is 18.7. The number of nitrogens with zero attached hydrogens (tertiary/aromatic N) is 2. The Morgan fingerprint density at radius 3 is 2.53 bits per heavy atom. The van der Waals surface area contributed by atoms with E-state index in [-0.39, 0.29) is 11.0 Å². The van der Waals surface area contributed by atoms with Crippen LogP contribution >= 0.6 is 15.9 Å². The third kappa shape index (κ3) is 3.97. The Morgan fingerprint density at radius 1 is 1.13 bits per heavy atom. The van der Waals surface area contributed by atoms with Gasteiger partial charge in [-0.25, -0.2) is 9.18 Å². The molecule has 0 aliphatic heterocycles. The minimum atomic E-state index is -0.797. The number of carbonyl (C=O) groups excluding carboxylic acids is 1. The van der Waals surface area contributed by atoms with Gasteiger partial charge in [0.15, 0.2) is 0 Å². The summed E-state index contributed by atoms with van der Waals surface area (Å²) in [5.74, 6) is -1.42. The minimum Gasteiger partial charge on any atom is -0.318 e. The van der Waals surface area contributed by atoms with E-state index in [1.807, 2.05) is 12.1 Å². The topological polar surface area (TPSA) is 43.6 Å². The van der Waals surface area contributed by atoms with Gasteiger partial charge < -0.3 is 9.40 Å². The summed E-state index contributed by atoms with van der Waals surface area (Å²) in [5, 5.41) is 4.18. The number of aromatic nitrogens is 1. The molecule has 0 spiro atoms. The molecule has 0 saturated carbocycles. The Hall–Kier alpha value is -2.73. The third-order valence-corrected chi connectivity index (χ3v) is 5.84. The summed E-state index contributed by atoms with van der Waals surface area (Å²) in [6, 6.07) is 16.0. The van der Waals surface area contributed by atoms with Gasteiger partial charge in [-0.1, -0.05) is 47.1 Å². The van der Waals surface area contributed by atoms with Gasteiger partial charge in [-0.15, -0.1) is 0 Å². The van der Waals surface area contributed by atoms with E-state index < -0.39 is 11.8 Å². The van der Waals surface area contributed by atoms with Crippen LogP contribution in [0, 0.1) is 18.2 Å². The van der Waals surface area contributed by atoms with Crippen LogP contribution in [0.25, 0.3) is 5.69 Å². The molecule has 0 atom stereocenters. The number of rotatable bonds is 3. The molecule has 0 amide bonds. The fourth-order valence-corrected chi connectivity index (χ4v) is 4.25. The Bertz CT molecular complexity index is 1150. The molecule has 0 N–H and O–H groups in total. The summed E-state index contributed by atoms with van der Waals surface area (Å²) < 4.78 is 17.1. The van der Waals surface area contributed by atoms with Crippen molar-refractivity contribution in [3.05, 3.63) is 87.4 Å². The number of carbonyl (C=O) groups is 1. The first-order chi connectivity index (χ1) is 14.2. The van der Waals surface area contributed by atoms with Crippen molar-refractivity contribution in [3.8, 4) is 5.69 Å². The molecule has 0 bridgehead atoms. The monoisotopic (exact) mass is 468 g/mol. The van der Waals surface area contributed by atoms with Gasteiger partial charge in [0.25, 0.3) is 0 Å². The number of oxime groups is 1. The molecule has 1 aromatic heterocycles. The fraction of sp³-hybridized carbons (Fsp3) is 0.250. The Labute approximate surface area is 183 Å². The summed E-state index contributed by atoms with van der Waals surface area (Å²) in [7, 11) is 0. The molecule has 154 valence electrons. The SMILES string of the molecule is Cc1cc2c(n1-c1ccc(Br)cc1)CC(C)(C)C/C2=N\OC(=O)c1ccccc1F. The van der Waals surface area contributed by atoms with Crippen molar-refractivity contribution in [1.82, 2.24) is 4.57 Å². The normalized spacial score (nSPS) is 16.4. The average Bonchev–Trinajstić information content (AvgIpc) is 3.01. The van der Waals surface area contributed by atoms with E-state index in [4.69, 9.17) is 4.84 Å². The lowest BCUT2D eigenvalue weighted by atomic mass is 9.76. The van der Waals surface area contributed by atoms with Crippen molar-refractivity contribution in [1.29, 1.82) is 0 Å². The molecule has 4 nitrogen and oxygen atoms in total. The molecule has 30 heavy (non-hydrogen) atoms. The lowest BCUT2D eigenvalue weighted by Gasteiger charge is -2.31. The Balaban J connectivity index is 1.73. The molecule has 0 fully saturated rings. The first-order valence-corrected chi connectivity index (χ1v) is 10.5. The van der Waals surface area contributed by atoms with E-state index in [0.29, 0.717) is 12.1 Å². The molecule has 0 radical (unpaired) electrons. The molecule has 1 aliphatic carbocycles. The Morgan fingerprint density at radius 2 is 1.83 bits per heavy atom. The van der Waals surface area contributed by atoms with E-state index in [9.17, 15) is 9.18 Å². The predicted octanol–water partition coefficient (Wildman–Crippen LogP) is 6.22. The van der Waals surface area contributed by atoms with Crippen LogP contribution in [-0.4, -0.2) is 16.2 Å². The van der Waals surface area contributed by atoms with Crippen molar-refractivity contribution >= 4 is 27.6 Å². The summed E-state index contributed by atoms with van der Waals surface area (Å²) in [6.45, 7) is 6.38. The highest BCUT2D eigenvalue weighted by molar-refractivity contribution is 9.10. The lowest BCUT2D eigenvalue weighted by Crippen LogP contribution is -2.28. The second-order valence-electron chi connectivity index (χ2n) is 8.37. The van der Waals surface area contributed by atoms with Gasteiger partial charge >= 0.3 is 5.97 Å². The molecule has 2 aromatic carbocycles. The highest BCUT2D eigenvalue weighted by atomic mass is 79.9. The Kier molecular flexibility index (Phi) is 5.36. The second-order valence-corrected chi connectivity index (χ2v) is 9.29. The van der Waals surface area contributed by atoms with Crippen molar-refractivity contribution in [3.63, 3.8) is 0 Å². The minimum absolute atomic E-state index is 0.0614. The first kappa shape index (κ1) is 20.5. The smallest absolute Gasteiger partial charge is 0.318 e. The van der Waals surface area contributed by atoms with Crippen molar-refractivity contribution in [2.45, 2.75) is 33.6 Å². The van der Waals surface area contributed by atoms with Crippen LogP contribution in [-0.2, 0) is 11.3 Å². The van der Waals surface area contributed by atoms with Gasteiger partial charge in [0.2, 0.25) is 0 Å². The van der Waals surface area contributed by atoms with Gasteiger partial charge in [0, 0.05) is 27.1 Å². The fourth-order valence-electron chi connectivity index (χ4n) is 3.98. The van der Waals surface area contributed by atoms with Gasteiger partial charge in [0.05, 0.1) is 11.3 Å². The van der Waals surface area contributed by atoms with Crippen LogP contribution in [0.5, 0.6) is 0 Å². The highest BCUT2D eigenvalue weighted by Crippen LogP contribution is 2.38. The predicted molar refractivity (Wildman–Crippen MR) is 119 cm³/mol. The zero-order chi connectivity index (χ0) is 21.5. The number of hydrogen-bond acceptors (Lipinski definition) is 3. The standard InChI is InChI=1S/C24H22BrFN2O2/c1-15-12-19-21(27-30-23(29)18-6-4-5-7-20(18)26)13-24(2,3)14-22(19)28(15)17-10-8-16(25)9-11-17/h4-12H,13-14H2,1-3H3/b27-21+. The summed E-state index contributed by atoms with van der Waals surface area (Å²) >= 11 is 3.48. The zero-order valence-electron chi connectivity index (χ0n) is 17.1. The summed E-state index contributed by atoms with van der Waals surface area (Å²) in [6.07, 6.45) is 1.53. The van der Waals surface area contributed by atoms with Crippen molar-refractivity contribution < 1.29 is 14.0 Å². The maximum absolute atomic E-state index is 13.9. The molecule has 1 aliphatic rings. The quantitative estimate of drug-likeness (QED) is 0.338. The molecular formula is C24H22BrFN2O2. The van der Waals surface area contributed by atoms with Crippen molar-refractivity contribution in [2.24, 2.45) is 10.6 Å². The maximum atomic E-state index is 13.9. The van der Waals surface area contributed by atoms with E-state index in [2.05, 4.69) is 64.6 Å². The molecule has 4 rings (SSSR count). The first-order valence-electron chi connectivity index (χ1n) is 9.75. The molecule has 1 heterocycles. The molecule has 6 heteroatoms. The number of fused-ring (bicyclic) bond motifs is 1. The van der Waals surface area contributed by atoms with Gasteiger partial charge in [-0.3, -0.25) is 0 Å². The average molecular weight is 469 g/mol. The van der Waals surface area contributed by atoms with Crippen LogP contribution in [0.1, 0.15) is 47.6 Å². The number of aryl methyl sites for hydroxylation is 1. The van der Waals surface area contributed by atoms with Gasteiger partial charge in [-0.2, -0.15) is 0 Å². The summed E-state index contributed by atoms with van der Waals surface area (Å²) in [5.41, 5.74) is 4.76. The van der Waals surface area contributed by atoms with E-state index >= 15 is 0 Å². The van der Waals surface area contributed by atoms with E-state index in [1.165, 1.54) is 18.2 Å². The van der Waals surface area contributed by atoms with E-state index in [1.54, 1.807) is 6.07 Å². The molecule has 3 aromatic rings. The number of halogens is 2. The molecular weight excluding hydrogens is 447 g/mol. The molecule has 0 saturated heterocycles. The second kappa shape index (κ2) is 7.84. The number of benzene rings is 2. The van der Waals surface area contributed by atoms with Crippen LogP contribution in [0.4, 0.5) is 4.39 Å². The van der Waals surface area contributed by atoms with Crippen LogP contribution in [0.3, 0.4) is 0 Å². The van der Waals surface area contributed by atoms with Gasteiger partial charge in [-0.05, 0) is 67.6 Å². The number of hydrogen-bond donors (Lipinski definition) is 0. The van der Waals surface area contributed by atoms with Gasteiger partial charge in [0.1, 0.15) is 5.82 Å². The summed E-state index contributed by atoms with van der Waals surface area (Å²) in [4.78, 5) is 17.5. The third-order valence-electron chi connectivity index (χ3n) is 5.31. The highest BCUT2D eigenvalue weighted by Gasteiger charge is 2.34. The van der Waals surface area contributed by atoms with Crippen LogP contribution < -0.4 is 0 Å². The molecule has 0 unspecified atom stereocenters. The van der Waals surface area contributed by atoms with Crippen LogP contribution in [0.15, 0.2) is 64.2 Å². The largest absolute Gasteiger partial charge is 0.368 e. The lowest BCUT2D eigenvalue weighted by molar-refractivity contribution is 0.0508. The van der Waals surface area contributed by atoms with Crippen molar-refractivity contribution in [2.75, 3.05) is 0 Å². The van der Waals surface area contributed by atoms with Crippen LogP contribution in [0.2, 0.25) is 0 Å².